The monoisotopic (exact) mass is 408 g/mol. The number of carboxylic acids is 3. The minimum atomic E-state index is -1.48. The van der Waals surface area contributed by atoms with Crippen LogP contribution >= 0.6 is 0 Å². The number of carbonyl (C=O) groups is 3. The molecule has 0 bridgehead atoms. The molecular weight excluding hydrogens is 388 g/mol. The number of nitrogen functional groups attached to an aromatic ring is 2. The molecule has 154 valence electrons. The van der Waals surface area contributed by atoms with Gasteiger partial charge in [0.15, 0.2) is 0 Å². The van der Waals surface area contributed by atoms with Crippen molar-refractivity contribution in [3.05, 3.63) is 94.5 Å². The van der Waals surface area contributed by atoms with Gasteiger partial charge in [0.2, 0.25) is 0 Å². The molecule has 0 aliphatic carbocycles. The second kappa shape index (κ2) is 9.74. The average Bonchev–Trinajstić information content (AvgIpc) is 2.71. The predicted molar refractivity (Wildman–Crippen MR) is 112 cm³/mol. The maximum Gasteiger partial charge on any atom is 0.336 e. The van der Waals surface area contributed by atoms with Gasteiger partial charge in [0, 0.05) is 11.4 Å². The van der Waals surface area contributed by atoms with Gasteiger partial charge in [-0.3, -0.25) is 0 Å². The third-order valence-electron chi connectivity index (χ3n) is 4.10. The number of aromatic carboxylic acids is 3. The van der Waals surface area contributed by atoms with E-state index in [0.717, 1.165) is 36.0 Å². The molecule has 0 amide bonds. The molecule has 0 aromatic heterocycles. The molecule has 30 heavy (non-hydrogen) atoms. The molecule has 8 heteroatoms. The molecule has 3 aromatic rings. The van der Waals surface area contributed by atoms with Gasteiger partial charge in [-0.2, -0.15) is 0 Å². The lowest BCUT2D eigenvalue weighted by molar-refractivity contribution is 0.0649. The third kappa shape index (κ3) is 6.10. The number of hydrogen-bond acceptors (Lipinski definition) is 5. The Balaban J connectivity index is 0.000000214. The van der Waals surface area contributed by atoms with Gasteiger partial charge in [0.1, 0.15) is 0 Å². The molecule has 0 aliphatic heterocycles. The first-order valence-corrected chi connectivity index (χ1v) is 8.70. The summed E-state index contributed by atoms with van der Waals surface area (Å²) in [6.45, 7) is 0. The summed E-state index contributed by atoms with van der Waals surface area (Å²) in [5.74, 6) is -4.20. The van der Waals surface area contributed by atoms with Crippen molar-refractivity contribution < 1.29 is 29.7 Å². The zero-order chi connectivity index (χ0) is 22.3. The van der Waals surface area contributed by atoms with Crippen LogP contribution in [0.4, 0.5) is 11.4 Å². The Kier molecular flexibility index (Phi) is 7.13. The SMILES string of the molecule is Nc1ccc(Cc2ccc(N)cc2)cc1.O=C(O)c1ccc(C(=O)O)c(C(=O)O)c1. The number of hydrogen-bond donors (Lipinski definition) is 5. The lowest BCUT2D eigenvalue weighted by atomic mass is 10.0. The normalized spacial score (nSPS) is 9.87. The second-order valence-corrected chi connectivity index (χ2v) is 6.34. The first-order valence-electron chi connectivity index (χ1n) is 8.70. The number of rotatable bonds is 5. The fraction of sp³-hybridized carbons (Fsp3) is 0.0455. The van der Waals surface area contributed by atoms with Crippen molar-refractivity contribution >= 4 is 29.3 Å². The summed E-state index contributed by atoms with van der Waals surface area (Å²) in [7, 11) is 0. The number of benzene rings is 3. The summed E-state index contributed by atoms with van der Waals surface area (Å²) in [5.41, 5.74) is 14.1. The Morgan fingerprint density at radius 1 is 0.600 bits per heavy atom. The molecule has 7 N–H and O–H groups in total. The molecule has 0 atom stereocenters. The fourth-order valence-corrected chi connectivity index (χ4v) is 2.55. The summed E-state index contributed by atoms with van der Waals surface area (Å²) in [6, 6.07) is 18.7. The van der Waals surface area contributed by atoms with E-state index in [1.807, 2.05) is 48.5 Å². The molecule has 0 heterocycles. The summed E-state index contributed by atoms with van der Waals surface area (Å²) >= 11 is 0. The second-order valence-electron chi connectivity index (χ2n) is 6.34. The number of carboxylic acid groups (broad SMARTS) is 3. The third-order valence-corrected chi connectivity index (χ3v) is 4.10. The number of anilines is 2. The lowest BCUT2D eigenvalue weighted by Gasteiger charge is -2.02. The van der Waals surface area contributed by atoms with Crippen molar-refractivity contribution in [3.8, 4) is 0 Å². The summed E-state index contributed by atoms with van der Waals surface area (Å²) in [4.78, 5) is 31.8. The molecule has 0 aliphatic rings. The van der Waals surface area contributed by atoms with E-state index >= 15 is 0 Å². The molecule has 3 rings (SSSR count). The molecular formula is C22H20N2O6. The average molecular weight is 408 g/mol. The van der Waals surface area contributed by atoms with Crippen LogP contribution in [0.5, 0.6) is 0 Å². The summed E-state index contributed by atoms with van der Waals surface area (Å²) < 4.78 is 0. The van der Waals surface area contributed by atoms with Gasteiger partial charge in [0.25, 0.3) is 0 Å². The highest BCUT2D eigenvalue weighted by Gasteiger charge is 2.17. The Labute approximate surface area is 172 Å². The van der Waals surface area contributed by atoms with Gasteiger partial charge in [-0.05, 0) is 60.0 Å². The Morgan fingerprint density at radius 3 is 1.40 bits per heavy atom. The van der Waals surface area contributed by atoms with Gasteiger partial charge < -0.3 is 26.8 Å². The van der Waals surface area contributed by atoms with E-state index in [4.69, 9.17) is 26.8 Å². The van der Waals surface area contributed by atoms with E-state index in [1.54, 1.807) is 0 Å². The van der Waals surface area contributed by atoms with Crippen LogP contribution in [0.25, 0.3) is 0 Å². The molecule has 0 spiro atoms. The van der Waals surface area contributed by atoms with Crippen LogP contribution in [0, 0.1) is 0 Å². The Morgan fingerprint density at radius 2 is 1.03 bits per heavy atom. The number of nitrogens with two attached hydrogens (primary N) is 2. The van der Waals surface area contributed by atoms with E-state index in [9.17, 15) is 14.4 Å². The van der Waals surface area contributed by atoms with Gasteiger partial charge in [-0.1, -0.05) is 24.3 Å². The van der Waals surface area contributed by atoms with Crippen molar-refractivity contribution in [1.29, 1.82) is 0 Å². The Hall–Kier alpha value is -4.33. The van der Waals surface area contributed by atoms with E-state index in [-0.39, 0.29) is 5.56 Å². The van der Waals surface area contributed by atoms with Crippen molar-refractivity contribution in [2.45, 2.75) is 6.42 Å². The maximum absolute atomic E-state index is 10.6. The molecule has 3 aromatic carbocycles. The van der Waals surface area contributed by atoms with Crippen molar-refractivity contribution in [3.63, 3.8) is 0 Å². The van der Waals surface area contributed by atoms with Gasteiger partial charge in [-0.25, -0.2) is 14.4 Å². The van der Waals surface area contributed by atoms with Crippen LogP contribution in [0.3, 0.4) is 0 Å². The predicted octanol–water partition coefficient (Wildman–Crippen LogP) is 3.22. The molecule has 0 saturated carbocycles. The maximum atomic E-state index is 10.6. The molecule has 0 radical (unpaired) electrons. The van der Waals surface area contributed by atoms with Crippen LogP contribution in [-0.2, 0) is 6.42 Å². The largest absolute Gasteiger partial charge is 0.478 e. The highest BCUT2D eigenvalue weighted by atomic mass is 16.4. The fourth-order valence-electron chi connectivity index (χ4n) is 2.55. The van der Waals surface area contributed by atoms with E-state index in [2.05, 4.69) is 0 Å². The first kappa shape index (κ1) is 22.0. The quantitative estimate of drug-likeness (QED) is 0.402. The minimum absolute atomic E-state index is 0.266. The standard InChI is InChI=1S/C13H14N2.C9H6O6/c14-12-5-1-10(2-6-12)9-11-3-7-13(15)8-4-11;10-7(11)4-1-2-5(8(12)13)6(3-4)9(14)15/h1-8H,9,14-15H2;1-3H,(H,10,11)(H,12,13)(H,14,15). The van der Waals surface area contributed by atoms with Crippen LogP contribution in [-0.4, -0.2) is 33.2 Å². The smallest absolute Gasteiger partial charge is 0.336 e. The zero-order valence-electron chi connectivity index (χ0n) is 15.8. The zero-order valence-corrected chi connectivity index (χ0v) is 15.8. The van der Waals surface area contributed by atoms with Gasteiger partial charge in [0.05, 0.1) is 16.7 Å². The highest BCUT2D eigenvalue weighted by molar-refractivity contribution is 6.03. The summed E-state index contributed by atoms with van der Waals surface area (Å²) in [6.07, 6.45) is 0.917. The van der Waals surface area contributed by atoms with E-state index in [0.29, 0.717) is 0 Å². The van der Waals surface area contributed by atoms with Crippen LogP contribution in [0.2, 0.25) is 0 Å². The van der Waals surface area contributed by atoms with Gasteiger partial charge >= 0.3 is 17.9 Å². The van der Waals surface area contributed by atoms with Crippen molar-refractivity contribution in [2.24, 2.45) is 0 Å². The van der Waals surface area contributed by atoms with Crippen molar-refractivity contribution in [2.75, 3.05) is 11.5 Å². The topological polar surface area (TPSA) is 164 Å². The van der Waals surface area contributed by atoms with Gasteiger partial charge in [-0.15, -0.1) is 0 Å². The van der Waals surface area contributed by atoms with Crippen LogP contribution < -0.4 is 11.5 Å². The van der Waals surface area contributed by atoms with Crippen molar-refractivity contribution in [1.82, 2.24) is 0 Å². The highest BCUT2D eigenvalue weighted by Crippen LogP contribution is 2.14. The van der Waals surface area contributed by atoms with E-state index < -0.39 is 29.0 Å². The lowest BCUT2D eigenvalue weighted by Crippen LogP contribution is -2.10. The molecule has 8 nitrogen and oxygen atoms in total. The molecule has 0 unspecified atom stereocenters. The molecule has 0 fully saturated rings. The van der Waals surface area contributed by atoms with Crippen LogP contribution in [0.15, 0.2) is 66.7 Å². The van der Waals surface area contributed by atoms with E-state index in [1.165, 1.54) is 11.1 Å². The summed E-state index contributed by atoms with van der Waals surface area (Å²) in [5, 5.41) is 25.9. The molecule has 0 saturated heterocycles. The minimum Gasteiger partial charge on any atom is -0.478 e. The Bertz CT molecular complexity index is 1020. The van der Waals surface area contributed by atoms with Crippen LogP contribution in [0.1, 0.15) is 42.2 Å². The first-order chi connectivity index (χ1) is 14.2.